The second-order valence-electron chi connectivity index (χ2n) is 2.88. The Hall–Kier alpha value is -1.57. The normalized spacial score (nSPS) is 11.9. The standard InChI is InChI=1S/C8H12N4O3S/c1-5(13)11-6(7(14)15-2)3-16-8-9-4-10-12-8/h4,6H,3H2,1-2H3,(H,11,13)(H,9,10,12). The quantitative estimate of drug-likeness (QED) is 0.539. The van der Waals surface area contributed by atoms with Crippen LogP contribution in [-0.2, 0) is 14.3 Å². The number of esters is 1. The van der Waals surface area contributed by atoms with Crippen molar-refractivity contribution in [2.75, 3.05) is 12.9 Å². The summed E-state index contributed by atoms with van der Waals surface area (Å²) in [6.07, 6.45) is 1.37. The minimum absolute atomic E-state index is 0.284. The second kappa shape index (κ2) is 6.11. The lowest BCUT2D eigenvalue weighted by atomic mass is 10.3. The van der Waals surface area contributed by atoms with E-state index in [1.165, 1.54) is 32.1 Å². The molecule has 16 heavy (non-hydrogen) atoms. The molecular formula is C8H12N4O3S. The molecule has 1 aromatic rings. The van der Waals surface area contributed by atoms with Crippen LogP contribution in [-0.4, -0.2) is 46.0 Å². The fraction of sp³-hybridized carbons (Fsp3) is 0.500. The van der Waals surface area contributed by atoms with E-state index < -0.39 is 12.0 Å². The summed E-state index contributed by atoms with van der Waals surface area (Å²) in [5, 5.41) is 9.38. The molecule has 0 spiro atoms. The van der Waals surface area contributed by atoms with E-state index in [0.717, 1.165) is 0 Å². The molecule has 1 atom stereocenters. The molecule has 0 radical (unpaired) electrons. The van der Waals surface area contributed by atoms with Crippen LogP contribution in [0.1, 0.15) is 6.92 Å². The Balaban J connectivity index is 2.50. The fourth-order valence-corrected chi connectivity index (χ4v) is 1.77. The van der Waals surface area contributed by atoms with Crippen LogP contribution < -0.4 is 5.32 Å². The van der Waals surface area contributed by atoms with Gasteiger partial charge in [0.05, 0.1) is 7.11 Å². The Morgan fingerprint density at radius 1 is 1.69 bits per heavy atom. The second-order valence-corrected chi connectivity index (χ2v) is 3.89. The van der Waals surface area contributed by atoms with Crippen molar-refractivity contribution in [2.45, 2.75) is 18.1 Å². The molecule has 0 aliphatic carbocycles. The molecule has 2 N–H and O–H groups in total. The minimum atomic E-state index is -0.683. The number of H-pyrrole nitrogens is 1. The van der Waals surface area contributed by atoms with Crippen LogP contribution >= 0.6 is 11.8 Å². The van der Waals surface area contributed by atoms with E-state index in [1.54, 1.807) is 0 Å². The van der Waals surface area contributed by atoms with Gasteiger partial charge in [0, 0.05) is 12.7 Å². The number of carbonyl (C=O) groups is 2. The summed E-state index contributed by atoms with van der Waals surface area (Å²) < 4.78 is 4.57. The number of hydrogen-bond acceptors (Lipinski definition) is 6. The van der Waals surface area contributed by atoms with E-state index in [9.17, 15) is 9.59 Å². The maximum absolute atomic E-state index is 11.3. The summed E-state index contributed by atoms with van der Waals surface area (Å²) in [6, 6.07) is -0.683. The van der Waals surface area contributed by atoms with Crippen LogP contribution in [0, 0.1) is 0 Å². The van der Waals surface area contributed by atoms with E-state index in [-0.39, 0.29) is 5.91 Å². The number of rotatable bonds is 5. The number of aromatic amines is 1. The van der Waals surface area contributed by atoms with E-state index >= 15 is 0 Å². The molecule has 1 aromatic heterocycles. The summed E-state index contributed by atoms with van der Waals surface area (Å²) in [6.45, 7) is 1.34. The van der Waals surface area contributed by atoms with Gasteiger partial charge < -0.3 is 10.1 Å². The van der Waals surface area contributed by atoms with Crippen molar-refractivity contribution in [3.05, 3.63) is 6.33 Å². The molecule has 1 unspecified atom stereocenters. The number of nitrogens with one attached hydrogen (secondary N) is 2. The van der Waals surface area contributed by atoms with Gasteiger partial charge in [-0.15, -0.1) is 0 Å². The first-order chi connectivity index (χ1) is 7.63. The van der Waals surface area contributed by atoms with Crippen molar-refractivity contribution >= 4 is 23.6 Å². The van der Waals surface area contributed by atoms with Crippen molar-refractivity contribution in [1.82, 2.24) is 20.5 Å². The SMILES string of the molecule is COC(=O)C(CSc1ncn[nH]1)NC(C)=O. The average Bonchev–Trinajstić information content (AvgIpc) is 2.75. The van der Waals surface area contributed by atoms with Crippen LogP contribution in [0.4, 0.5) is 0 Å². The van der Waals surface area contributed by atoms with Gasteiger partial charge in [0.15, 0.2) is 5.16 Å². The lowest BCUT2D eigenvalue weighted by Gasteiger charge is -2.13. The first kappa shape index (κ1) is 12.5. The first-order valence-electron chi connectivity index (χ1n) is 4.46. The Morgan fingerprint density at radius 2 is 2.44 bits per heavy atom. The van der Waals surface area contributed by atoms with Crippen molar-refractivity contribution in [2.24, 2.45) is 0 Å². The molecule has 1 rings (SSSR count). The zero-order chi connectivity index (χ0) is 12.0. The number of amides is 1. The summed E-state index contributed by atoms with van der Waals surface area (Å²) in [5.74, 6) is -0.433. The zero-order valence-electron chi connectivity index (χ0n) is 8.89. The molecule has 8 heteroatoms. The van der Waals surface area contributed by atoms with Crippen molar-refractivity contribution in [1.29, 1.82) is 0 Å². The van der Waals surface area contributed by atoms with Gasteiger partial charge in [-0.25, -0.2) is 9.78 Å². The largest absolute Gasteiger partial charge is 0.467 e. The lowest BCUT2D eigenvalue weighted by molar-refractivity contribution is -0.144. The van der Waals surface area contributed by atoms with Crippen molar-refractivity contribution < 1.29 is 14.3 Å². The van der Waals surface area contributed by atoms with Gasteiger partial charge in [0.25, 0.3) is 0 Å². The van der Waals surface area contributed by atoms with E-state index in [2.05, 4.69) is 25.2 Å². The van der Waals surface area contributed by atoms with E-state index in [1.807, 2.05) is 0 Å². The summed E-state index contributed by atoms with van der Waals surface area (Å²) in [4.78, 5) is 26.1. The third kappa shape index (κ3) is 3.89. The third-order valence-corrected chi connectivity index (χ3v) is 2.61. The maximum atomic E-state index is 11.3. The van der Waals surface area contributed by atoms with Crippen molar-refractivity contribution in [3.8, 4) is 0 Å². The summed E-state index contributed by atoms with van der Waals surface area (Å²) >= 11 is 1.28. The lowest BCUT2D eigenvalue weighted by Crippen LogP contribution is -2.42. The van der Waals surface area contributed by atoms with Crippen LogP contribution in [0.25, 0.3) is 0 Å². The van der Waals surface area contributed by atoms with Crippen LogP contribution in [0.2, 0.25) is 0 Å². The number of methoxy groups -OCH3 is 1. The van der Waals surface area contributed by atoms with Crippen molar-refractivity contribution in [3.63, 3.8) is 0 Å². The van der Waals surface area contributed by atoms with Gasteiger partial charge in [0.2, 0.25) is 5.91 Å². The monoisotopic (exact) mass is 244 g/mol. The molecule has 0 saturated heterocycles. The number of aromatic nitrogens is 3. The predicted octanol–water partition coefficient (Wildman–Crippen LogP) is -0.426. The first-order valence-corrected chi connectivity index (χ1v) is 5.45. The highest BCUT2D eigenvalue weighted by molar-refractivity contribution is 7.99. The molecular weight excluding hydrogens is 232 g/mol. The molecule has 0 saturated carbocycles. The van der Waals surface area contributed by atoms with Gasteiger partial charge in [-0.1, -0.05) is 11.8 Å². The Labute approximate surface area is 96.3 Å². The van der Waals surface area contributed by atoms with E-state index in [4.69, 9.17) is 0 Å². The molecule has 1 amide bonds. The van der Waals surface area contributed by atoms with Gasteiger partial charge in [0.1, 0.15) is 12.4 Å². The average molecular weight is 244 g/mol. The highest BCUT2D eigenvalue weighted by Crippen LogP contribution is 2.12. The molecule has 0 fully saturated rings. The number of hydrogen-bond donors (Lipinski definition) is 2. The Bertz CT molecular complexity index is 354. The Morgan fingerprint density at radius 3 is 2.94 bits per heavy atom. The van der Waals surface area contributed by atoms with Gasteiger partial charge in [-0.2, -0.15) is 5.10 Å². The smallest absolute Gasteiger partial charge is 0.329 e. The third-order valence-electron chi connectivity index (χ3n) is 1.64. The number of nitrogens with zero attached hydrogens (tertiary/aromatic N) is 2. The molecule has 1 heterocycles. The topological polar surface area (TPSA) is 97.0 Å². The number of ether oxygens (including phenoxy) is 1. The minimum Gasteiger partial charge on any atom is -0.467 e. The maximum Gasteiger partial charge on any atom is 0.329 e. The van der Waals surface area contributed by atoms with Gasteiger partial charge in [-0.3, -0.25) is 9.89 Å². The zero-order valence-corrected chi connectivity index (χ0v) is 9.71. The summed E-state index contributed by atoms with van der Waals surface area (Å²) in [7, 11) is 1.27. The fourth-order valence-electron chi connectivity index (χ4n) is 0.982. The van der Waals surface area contributed by atoms with Gasteiger partial charge in [-0.05, 0) is 0 Å². The van der Waals surface area contributed by atoms with Crippen LogP contribution in [0.15, 0.2) is 11.5 Å². The molecule has 7 nitrogen and oxygen atoms in total. The predicted molar refractivity (Wildman–Crippen MR) is 56.7 cm³/mol. The molecule has 0 aliphatic rings. The molecule has 0 aromatic carbocycles. The molecule has 0 bridgehead atoms. The summed E-state index contributed by atoms with van der Waals surface area (Å²) in [5.41, 5.74) is 0. The van der Waals surface area contributed by atoms with Crippen LogP contribution in [0.5, 0.6) is 0 Å². The van der Waals surface area contributed by atoms with Gasteiger partial charge >= 0.3 is 5.97 Å². The number of thioether (sulfide) groups is 1. The van der Waals surface area contributed by atoms with Crippen LogP contribution in [0.3, 0.4) is 0 Å². The number of carbonyl (C=O) groups excluding carboxylic acids is 2. The highest BCUT2D eigenvalue weighted by atomic mass is 32.2. The molecule has 88 valence electrons. The Kier molecular flexibility index (Phi) is 4.77. The highest BCUT2D eigenvalue weighted by Gasteiger charge is 2.20. The van der Waals surface area contributed by atoms with E-state index in [0.29, 0.717) is 10.9 Å². The molecule has 0 aliphatic heterocycles.